The number of allylic oxidation sites excluding steroid dienone is 2. The SMILES string of the molecule is CCCCCC[C@@H](O)C/C=C\CCCCCCCC(=O)O[C@H]1CC[C@@]2(C)C(=CC[C@H]3[C@@H]4CC[C@H]([C@H](C)CCCC(C)C)[C@@]4(C)CC[C@@H]32)C1. The normalized spacial score (nSPS) is 32.8. The Morgan fingerprint density at radius 2 is 1.65 bits per heavy atom. The molecule has 0 unspecified atom stereocenters. The Hall–Kier alpha value is -1.09. The highest BCUT2D eigenvalue weighted by Gasteiger charge is 2.59. The van der Waals surface area contributed by atoms with Crippen molar-refractivity contribution in [2.75, 3.05) is 0 Å². The van der Waals surface area contributed by atoms with E-state index in [1.807, 2.05) is 0 Å². The van der Waals surface area contributed by atoms with E-state index in [1.165, 1.54) is 96.3 Å². The molecule has 48 heavy (non-hydrogen) atoms. The van der Waals surface area contributed by atoms with Gasteiger partial charge in [0.05, 0.1) is 6.10 Å². The summed E-state index contributed by atoms with van der Waals surface area (Å²) in [5.74, 6) is 5.23. The van der Waals surface area contributed by atoms with Gasteiger partial charge in [-0.3, -0.25) is 4.79 Å². The van der Waals surface area contributed by atoms with E-state index in [0.717, 1.165) is 86.9 Å². The van der Waals surface area contributed by atoms with Crippen molar-refractivity contribution in [3.63, 3.8) is 0 Å². The van der Waals surface area contributed by atoms with E-state index in [0.29, 0.717) is 17.3 Å². The smallest absolute Gasteiger partial charge is 0.306 e. The summed E-state index contributed by atoms with van der Waals surface area (Å²) in [6.45, 7) is 14.8. The lowest BCUT2D eigenvalue weighted by Crippen LogP contribution is -2.51. The molecule has 3 fully saturated rings. The third kappa shape index (κ3) is 10.7. The average molecular weight is 667 g/mol. The summed E-state index contributed by atoms with van der Waals surface area (Å²) in [6, 6.07) is 0. The van der Waals surface area contributed by atoms with Crippen molar-refractivity contribution in [3.8, 4) is 0 Å². The first kappa shape index (κ1) is 39.7. The van der Waals surface area contributed by atoms with Gasteiger partial charge in [-0.05, 0) is 123 Å². The lowest BCUT2D eigenvalue weighted by molar-refractivity contribution is -0.151. The first-order valence-electron chi connectivity index (χ1n) is 21.3. The molecule has 9 atom stereocenters. The molecule has 0 radical (unpaired) electrons. The Kier molecular flexibility index (Phi) is 16.1. The van der Waals surface area contributed by atoms with Gasteiger partial charge in [0.15, 0.2) is 0 Å². The van der Waals surface area contributed by atoms with E-state index in [2.05, 4.69) is 59.8 Å². The molecular weight excluding hydrogens is 588 g/mol. The second-order valence-corrected chi connectivity index (χ2v) is 18.2. The molecule has 0 aromatic heterocycles. The monoisotopic (exact) mass is 667 g/mol. The van der Waals surface area contributed by atoms with Crippen LogP contribution in [-0.4, -0.2) is 23.3 Å². The number of rotatable bonds is 21. The van der Waals surface area contributed by atoms with Crippen LogP contribution >= 0.6 is 0 Å². The van der Waals surface area contributed by atoms with Gasteiger partial charge in [0.2, 0.25) is 0 Å². The molecule has 3 heteroatoms. The zero-order chi connectivity index (χ0) is 34.6. The minimum Gasteiger partial charge on any atom is -0.462 e. The lowest BCUT2D eigenvalue weighted by Gasteiger charge is -2.58. The quantitative estimate of drug-likeness (QED) is 0.0753. The lowest BCUT2D eigenvalue weighted by atomic mass is 9.47. The number of fused-ring (bicyclic) bond motifs is 5. The fourth-order valence-electron chi connectivity index (χ4n) is 11.4. The Balaban J connectivity index is 1.12. The van der Waals surface area contributed by atoms with E-state index >= 15 is 0 Å². The maximum absolute atomic E-state index is 12.8. The molecule has 4 aliphatic carbocycles. The Bertz CT molecular complexity index is 1010. The topological polar surface area (TPSA) is 46.5 Å². The predicted octanol–water partition coefficient (Wildman–Crippen LogP) is 12.9. The zero-order valence-electron chi connectivity index (χ0n) is 32.6. The second kappa shape index (κ2) is 19.5. The summed E-state index contributed by atoms with van der Waals surface area (Å²) in [6.07, 6.45) is 35.4. The van der Waals surface area contributed by atoms with E-state index in [1.54, 1.807) is 5.57 Å². The van der Waals surface area contributed by atoms with Crippen LogP contribution in [0, 0.1) is 46.3 Å². The van der Waals surface area contributed by atoms with Crippen LogP contribution in [0.2, 0.25) is 0 Å². The van der Waals surface area contributed by atoms with Gasteiger partial charge in [-0.2, -0.15) is 0 Å². The van der Waals surface area contributed by atoms with Gasteiger partial charge in [0.25, 0.3) is 0 Å². The number of hydrogen-bond donors (Lipinski definition) is 1. The Morgan fingerprint density at radius 3 is 2.44 bits per heavy atom. The molecule has 0 aliphatic heterocycles. The fraction of sp³-hybridized carbons (Fsp3) is 0.889. The van der Waals surface area contributed by atoms with Crippen molar-refractivity contribution < 1.29 is 14.6 Å². The largest absolute Gasteiger partial charge is 0.462 e. The van der Waals surface area contributed by atoms with E-state index < -0.39 is 0 Å². The molecule has 0 heterocycles. The van der Waals surface area contributed by atoms with Gasteiger partial charge in [0.1, 0.15) is 6.10 Å². The molecule has 4 aliphatic rings. The van der Waals surface area contributed by atoms with Crippen LogP contribution in [0.25, 0.3) is 0 Å². The molecule has 0 aromatic rings. The number of aliphatic hydroxyl groups excluding tert-OH is 1. The van der Waals surface area contributed by atoms with E-state index in [-0.39, 0.29) is 18.2 Å². The van der Waals surface area contributed by atoms with E-state index in [9.17, 15) is 9.90 Å². The fourth-order valence-corrected chi connectivity index (χ4v) is 11.4. The van der Waals surface area contributed by atoms with Crippen molar-refractivity contribution in [1.82, 2.24) is 0 Å². The van der Waals surface area contributed by atoms with E-state index in [4.69, 9.17) is 4.74 Å². The van der Waals surface area contributed by atoms with Crippen LogP contribution in [-0.2, 0) is 9.53 Å². The summed E-state index contributed by atoms with van der Waals surface area (Å²) in [5.41, 5.74) is 2.49. The highest BCUT2D eigenvalue weighted by Crippen LogP contribution is 2.67. The second-order valence-electron chi connectivity index (χ2n) is 18.2. The molecule has 3 nitrogen and oxygen atoms in total. The summed E-state index contributed by atoms with van der Waals surface area (Å²) >= 11 is 0. The van der Waals surface area contributed by atoms with Crippen LogP contribution < -0.4 is 0 Å². The number of unbranched alkanes of at least 4 members (excludes halogenated alkanes) is 8. The summed E-state index contributed by atoms with van der Waals surface area (Å²) in [5, 5.41) is 10.1. The molecule has 4 rings (SSSR count). The summed E-state index contributed by atoms with van der Waals surface area (Å²) in [7, 11) is 0. The minimum atomic E-state index is -0.172. The van der Waals surface area contributed by atoms with Gasteiger partial charge in [-0.15, -0.1) is 0 Å². The van der Waals surface area contributed by atoms with Gasteiger partial charge in [-0.25, -0.2) is 0 Å². The van der Waals surface area contributed by atoms with Crippen LogP contribution in [0.4, 0.5) is 0 Å². The number of carbonyl (C=O) groups is 1. The van der Waals surface area contributed by atoms with Crippen molar-refractivity contribution in [1.29, 1.82) is 0 Å². The van der Waals surface area contributed by atoms with Crippen LogP contribution in [0.5, 0.6) is 0 Å². The van der Waals surface area contributed by atoms with Crippen molar-refractivity contribution in [3.05, 3.63) is 23.8 Å². The number of aliphatic hydroxyl groups is 1. The molecule has 276 valence electrons. The van der Waals surface area contributed by atoms with Gasteiger partial charge in [-0.1, -0.05) is 130 Å². The third-order valence-electron chi connectivity index (χ3n) is 14.3. The molecule has 1 N–H and O–H groups in total. The number of hydrogen-bond acceptors (Lipinski definition) is 3. The Labute approximate surface area is 297 Å². The summed E-state index contributed by atoms with van der Waals surface area (Å²) < 4.78 is 6.11. The van der Waals surface area contributed by atoms with Gasteiger partial charge >= 0.3 is 5.97 Å². The highest BCUT2D eigenvalue weighted by molar-refractivity contribution is 5.69. The number of carbonyl (C=O) groups excluding carboxylic acids is 1. The molecule has 0 bridgehead atoms. The molecule has 0 spiro atoms. The van der Waals surface area contributed by atoms with Crippen molar-refractivity contribution in [2.24, 2.45) is 46.3 Å². The average Bonchev–Trinajstić information content (AvgIpc) is 3.41. The predicted molar refractivity (Wildman–Crippen MR) is 204 cm³/mol. The maximum atomic E-state index is 12.8. The highest BCUT2D eigenvalue weighted by atomic mass is 16.5. The first-order chi connectivity index (χ1) is 23.1. The van der Waals surface area contributed by atoms with Crippen molar-refractivity contribution >= 4 is 5.97 Å². The van der Waals surface area contributed by atoms with Crippen LogP contribution in [0.15, 0.2) is 23.8 Å². The standard InChI is InChI=1S/C45H78O3/c1-7-8-9-16-22-37(46)23-17-14-12-10-11-13-15-18-24-43(47)48-38-29-31-44(5)36(33-38)25-26-39-41-28-27-40(35(4)21-19-20-34(2)3)45(41,6)32-30-42(39)44/h14,17,25,34-35,37-42,46H,7-13,15-16,18-24,26-33H2,1-6H3/b17-14-/t35-,37-,38+,39+,40-,41+,42+,44+,45-/m1/s1. The molecule has 0 amide bonds. The maximum Gasteiger partial charge on any atom is 0.306 e. The number of ether oxygens (including phenoxy) is 1. The number of esters is 1. The summed E-state index contributed by atoms with van der Waals surface area (Å²) in [4.78, 5) is 12.8. The van der Waals surface area contributed by atoms with Crippen LogP contribution in [0.3, 0.4) is 0 Å². The third-order valence-corrected chi connectivity index (χ3v) is 14.3. The van der Waals surface area contributed by atoms with Gasteiger partial charge < -0.3 is 9.84 Å². The van der Waals surface area contributed by atoms with Gasteiger partial charge in [0, 0.05) is 12.8 Å². The van der Waals surface area contributed by atoms with Crippen LogP contribution in [0.1, 0.15) is 196 Å². The molecular formula is C45H78O3. The molecule has 3 saturated carbocycles. The van der Waals surface area contributed by atoms with Crippen molar-refractivity contribution in [2.45, 2.75) is 208 Å². The minimum absolute atomic E-state index is 0.0296. The molecule has 0 aromatic carbocycles. The first-order valence-corrected chi connectivity index (χ1v) is 21.3. The molecule has 0 saturated heterocycles. The zero-order valence-corrected chi connectivity index (χ0v) is 32.6. The Morgan fingerprint density at radius 1 is 0.875 bits per heavy atom.